The van der Waals surface area contributed by atoms with Crippen LogP contribution in [0.5, 0.6) is 0 Å². The molecule has 0 aliphatic carbocycles. The molecule has 0 saturated heterocycles. The van der Waals surface area contributed by atoms with Crippen LogP contribution in [0.3, 0.4) is 0 Å². The van der Waals surface area contributed by atoms with Gasteiger partial charge in [0.15, 0.2) is 0 Å². The van der Waals surface area contributed by atoms with Gasteiger partial charge in [-0.05, 0) is 0 Å². The first-order chi connectivity index (χ1) is 17.4. The maximum atomic E-state index is 13.5. The van der Waals surface area contributed by atoms with Gasteiger partial charge >= 0.3 is 224 Å². The van der Waals surface area contributed by atoms with Crippen LogP contribution in [0.15, 0.2) is 70.8 Å². The summed E-state index contributed by atoms with van der Waals surface area (Å²) < 4.78 is 11.7. The van der Waals surface area contributed by atoms with Gasteiger partial charge in [0.2, 0.25) is 0 Å². The van der Waals surface area contributed by atoms with Crippen molar-refractivity contribution in [1.29, 1.82) is 0 Å². The standard InChI is InChI=1S/C19H18NO3.3C4H9.Sn/c1-3-19(18(22)23-2,14-15-10-6-4-7-11-15)20-17(21)16-12-8-5-9-13-16;3*1-3-4-2;/h1,3-13H,14H2,2H3,(H,20,21);3*1,3-4H2,2H3;/t19-;;;;/m1..../s1. The molecule has 5 heteroatoms. The Morgan fingerprint density at radius 2 is 1.33 bits per heavy atom. The van der Waals surface area contributed by atoms with E-state index in [1.807, 2.05) is 54.6 Å². The number of hydrogen-bond acceptors (Lipinski definition) is 3. The first-order valence-electron chi connectivity index (χ1n) is 13.6. The van der Waals surface area contributed by atoms with Crippen molar-refractivity contribution in [3.05, 3.63) is 82.0 Å². The summed E-state index contributed by atoms with van der Waals surface area (Å²) in [7, 11) is 1.41. The minimum atomic E-state index is -2.74. The fourth-order valence-corrected chi connectivity index (χ4v) is 19.3. The first kappa shape index (κ1) is 30.1. The summed E-state index contributed by atoms with van der Waals surface area (Å²) in [5.41, 5.74) is 0.262. The van der Waals surface area contributed by atoms with E-state index in [-0.39, 0.29) is 5.91 Å². The molecule has 0 spiro atoms. The molecule has 0 aromatic heterocycles. The fourth-order valence-electron chi connectivity index (χ4n) is 4.83. The second kappa shape index (κ2) is 15.9. The van der Waals surface area contributed by atoms with Gasteiger partial charge < -0.3 is 0 Å². The Balaban J connectivity index is 2.58. The summed E-state index contributed by atoms with van der Waals surface area (Å²) in [6.45, 7) is 6.77. The molecule has 0 saturated carbocycles. The average molecular weight is 598 g/mol. The summed E-state index contributed by atoms with van der Waals surface area (Å²) >= 11 is -2.74. The fraction of sp³-hybridized carbons (Fsp3) is 0.484. The van der Waals surface area contributed by atoms with Crippen LogP contribution in [0.4, 0.5) is 0 Å². The van der Waals surface area contributed by atoms with Gasteiger partial charge in [-0.1, -0.05) is 0 Å². The monoisotopic (exact) mass is 599 g/mol. The van der Waals surface area contributed by atoms with Crippen LogP contribution in [-0.2, 0) is 16.0 Å². The molecule has 2 aromatic rings. The van der Waals surface area contributed by atoms with E-state index in [2.05, 4.69) is 30.2 Å². The van der Waals surface area contributed by atoms with E-state index in [4.69, 9.17) is 4.74 Å². The molecule has 0 heterocycles. The second-order valence-electron chi connectivity index (χ2n) is 9.95. The van der Waals surface area contributed by atoms with Gasteiger partial charge in [0.1, 0.15) is 0 Å². The number of esters is 1. The number of nitrogens with one attached hydrogen (secondary N) is 1. The van der Waals surface area contributed by atoms with Crippen molar-refractivity contribution in [2.45, 2.75) is 84.6 Å². The number of ether oxygens (including phenoxy) is 1. The average Bonchev–Trinajstić information content (AvgIpc) is 2.92. The van der Waals surface area contributed by atoms with Crippen molar-refractivity contribution in [2.75, 3.05) is 7.11 Å². The number of carbonyl (C=O) groups is 2. The molecular weight excluding hydrogens is 553 g/mol. The van der Waals surface area contributed by atoms with Crippen LogP contribution in [0.1, 0.15) is 75.2 Å². The van der Waals surface area contributed by atoms with Crippen molar-refractivity contribution >= 4 is 30.3 Å². The van der Waals surface area contributed by atoms with Gasteiger partial charge in [0.05, 0.1) is 0 Å². The van der Waals surface area contributed by atoms with Gasteiger partial charge in [0, 0.05) is 0 Å². The van der Waals surface area contributed by atoms with Crippen LogP contribution in [0, 0.1) is 0 Å². The van der Waals surface area contributed by atoms with E-state index in [9.17, 15) is 9.59 Å². The Labute approximate surface area is 222 Å². The summed E-state index contributed by atoms with van der Waals surface area (Å²) in [4.78, 5) is 26.9. The Kier molecular flexibility index (Phi) is 13.3. The van der Waals surface area contributed by atoms with E-state index >= 15 is 0 Å². The molecule has 2 aromatic carbocycles. The van der Waals surface area contributed by atoms with Crippen molar-refractivity contribution in [1.82, 2.24) is 5.32 Å². The van der Waals surface area contributed by atoms with Crippen LogP contribution < -0.4 is 5.32 Å². The zero-order valence-electron chi connectivity index (χ0n) is 22.7. The third-order valence-corrected chi connectivity index (χ3v) is 21.1. The first-order valence-corrected chi connectivity index (χ1v) is 21.3. The molecule has 0 unspecified atom stereocenters. The zero-order valence-corrected chi connectivity index (χ0v) is 25.6. The molecular formula is C31H45NO3Sn. The van der Waals surface area contributed by atoms with Gasteiger partial charge in [-0.3, -0.25) is 0 Å². The Bertz CT molecular complexity index is 923. The minimum absolute atomic E-state index is 0.266. The number of carbonyl (C=O) groups excluding carboxylic acids is 2. The number of rotatable bonds is 16. The predicted molar refractivity (Wildman–Crippen MR) is 153 cm³/mol. The Hall–Kier alpha value is -2.08. The molecule has 2 rings (SSSR count). The normalized spacial score (nSPS) is 13.3. The third-order valence-electron chi connectivity index (χ3n) is 7.05. The number of amides is 1. The van der Waals surface area contributed by atoms with Crippen molar-refractivity contribution in [3.8, 4) is 0 Å². The predicted octanol–water partition coefficient (Wildman–Crippen LogP) is 7.52. The number of unbranched alkanes of at least 4 members (excludes halogenated alkanes) is 3. The Morgan fingerprint density at radius 3 is 1.81 bits per heavy atom. The summed E-state index contributed by atoms with van der Waals surface area (Å²) in [5, 5.41) is 3.12. The van der Waals surface area contributed by atoms with Gasteiger partial charge in [-0.25, -0.2) is 0 Å². The molecule has 196 valence electrons. The van der Waals surface area contributed by atoms with E-state index in [1.54, 1.807) is 12.1 Å². The topological polar surface area (TPSA) is 55.4 Å². The molecule has 0 aliphatic rings. The molecule has 1 atom stereocenters. The zero-order chi connectivity index (χ0) is 26.3. The van der Waals surface area contributed by atoms with Crippen LogP contribution in [0.2, 0.25) is 13.3 Å². The van der Waals surface area contributed by atoms with E-state index in [0.717, 1.165) is 5.56 Å². The molecule has 0 aliphatic heterocycles. The number of methoxy groups -OCH3 is 1. The van der Waals surface area contributed by atoms with Crippen molar-refractivity contribution in [3.63, 3.8) is 0 Å². The molecule has 0 bridgehead atoms. The quantitative estimate of drug-likeness (QED) is 0.161. The van der Waals surface area contributed by atoms with E-state index in [1.165, 1.54) is 58.9 Å². The van der Waals surface area contributed by atoms with Gasteiger partial charge in [0.25, 0.3) is 0 Å². The van der Waals surface area contributed by atoms with Crippen LogP contribution in [-0.4, -0.2) is 42.9 Å². The van der Waals surface area contributed by atoms with E-state index in [0.29, 0.717) is 12.0 Å². The van der Waals surface area contributed by atoms with Crippen molar-refractivity contribution in [2.24, 2.45) is 0 Å². The summed E-state index contributed by atoms with van der Waals surface area (Å²) in [6.07, 6.45) is 9.64. The van der Waals surface area contributed by atoms with Crippen LogP contribution in [0.25, 0.3) is 0 Å². The SMILES string of the molecule is CCC[CH2][Sn](/[CH]=C/[C@](Cc1ccccc1)(NC(=O)c1ccccc1)C(=O)OC)([CH2]CCC)[CH2]CCC. The second-order valence-corrected chi connectivity index (χ2v) is 23.0. The Morgan fingerprint density at radius 1 is 0.833 bits per heavy atom. The number of hydrogen-bond donors (Lipinski definition) is 1. The molecule has 36 heavy (non-hydrogen) atoms. The summed E-state index contributed by atoms with van der Waals surface area (Å²) in [5.74, 6) is -0.688. The molecule has 0 fully saturated rings. The van der Waals surface area contributed by atoms with Crippen molar-refractivity contribution < 1.29 is 14.3 Å². The van der Waals surface area contributed by atoms with Crippen LogP contribution >= 0.6 is 0 Å². The molecule has 1 amide bonds. The van der Waals surface area contributed by atoms with Gasteiger partial charge in [-0.15, -0.1) is 0 Å². The van der Waals surface area contributed by atoms with E-state index < -0.39 is 29.9 Å². The molecule has 1 N–H and O–H groups in total. The number of benzene rings is 2. The third kappa shape index (κ3) is 9.10. The molecule has 0 radical (unpaired) electrons. The maximum absolute atomic E-state index is 13.5. The summed E-state index contributed by atoms with van der Waals surface area (Å²) in [6, 6.07) is 19.0. The molecule has 4 nitrogen and oxygen atoms in total. The van der Waals surface area contributed by atoms with Gasteiger partial charge in [-0.2, -0.15) is 0 Å².